The number of halogens is 1. The van der Waals surface area contributed by atoms with E-state index in [4.69, 9.17) is 26.2 Å². The molecule has 0 fully saturated rings. The second-order valence-corrected chi connectivity index (χ2v) is 8.25. The molecule has 0 radical (unpaired) electrons. The number of hydrogen-bond acceptors (Lipinski definition) is 5. The molecule has 0 aliphatic heterocycles. The summed E-state index contributed by atoms with van der Waals surface area (Å²) in [6, 6.07) is 20.5. The first-order valence-electron chi connectivity index (χ1n) is 10.9. The minimum Gasteiger partial charge on any atom is -0.480 e. The molecular weight excluding hydrogens is 472 g/mol. The van der Waals surface area contributed by atoms with E-state index in [-0.39, 0.29) is 41.9 Å². The van der Waals surface area contributed by atoms with Crippen LogP contribution in [0.4, 0.5) is 10.5 Å². The predicted octanol–water partition coefficient (Wildman–Crippen LogP) is 4.53. The number of carbonyl (C=O) groups excluding carboxylic acids is 2. The maximum absolute atomic E-state index is 12.6. The smallest absolute Gasteiger partial charge is 0.411 e. The van der Waals surface area contributed by atoms with E-state index in [0.717, 1.165) is 22.3 Å². The van der Waals surface area contributed by atoms with Crippen LogP contribution in [-0.2, 0) is 14.3 Å². The Labute approximate surface area is 206 Å². The van der Waals surface area contributed by atoms with Crippen molar-refractivity contribution in [1.82, 2.24) is 5.32 Å². The molecule has 0 heterocycles. The molecule has 3 N–H and O–H groups in total. The van der Waals surface area contributed by atoms with Crippen molar-refractivity contribution >= 4 is 35.3 Å². The van der Waals surface area contributed by atoms with Gasteiger partial charge in [-0.05, 0) is 40.5 Å². The van der Waals surface area contributed by atoms with Gasteiger partial charge in [0.2, 0.25) is 0 Å². The lowest BCUT2D eigenvalue weighted by molar-refractivity contribution is -0.142. The third-order valence-corrected chi connectivity index (χ3v) is 5.90. The number of carboxylic acid groups (broad SMARTS) is 1. The molecule has 180 valence electrons. The van der Waals surface area contributed by atoms with E-state index >= 15 is 0 Å². The molecule has 1 aliphatic carbocycles. The molecular formula is C26H23ClN2O6. The van der Waals surface area contributed by atoms with Gasteiger partial charge in [-0.3, -0.25) is 10.1 Å². The Morgan fingerprint density at radius 3 is 2.26 bits per heavy atom. The van der Waals surface area contributed by atoms with Crippen LogP contribution in [0.5, 0.6) is 0 Å². The van der Waals surface area contributed by atoms with Crippen LogP contribution in [0.1, 0.15) is 27.4 Å². The zero-order valence-electron chi connectivity index (χ0n) is 18.6. The molecule has 0 saturated heterocycles. The number of anilines is 1. The van der Waals surface area contributed by atoms with Gasteiger partial charge in [0.1, 0.15) is 13.2 Å². The minimum atomic E-state index is -1.09. The number of hydrogen-bond donors (Lipinski definition) is 3. The molecule has 4 rings (SSSR count). The molecule has 8 nitrogen and oxygen atoms in total. The molecule has 0 saturated carbocycles. The van der Waals surface area contributed by atoms with Crippen LogP contribution in [0.3, 0.4) is 0 Å². The van der Waals surface area contributed by atoms with Gasteiger partial charge in [0.25, 0.3) is 5.91 Å². The fraction of sp³-hybridized carbons (Fsp3) is 0.192. The monoisotopic (exact) mass is 494 g/mol. The molecule has 0 bridgehead atoms. The van der Waals surface area contributed by atoms with E-state index < -0.39 is 24.6 Å². The van der Waals surface area contributed by atoms with Crippen molar-refractivity contribution in [2.45, 2.75) is 5.92 Å². The summed E-state index contributed by atoms with van der Waals surface area (Å²) in [4.78, 5) is 35.4. The zero-order chi connectivity index (χ0) is 24.8. The Balaban J connectivity index is 1.36. The number of rotatable bonds is 9. The van der Waals surface area contributed by atoms with E-state index in [0.29, 0.717) is 0 Å². The SMILES string of the molecule is O=C(O)COCCNC(=O)c1ccc(Cl)c(NC(=O)OCC2c3ccccc3-c3ccccc32)c1. The molecule has 0 aromatic heterocycles. The third-order valence-electron chi connectivity index (χ3n) is 5.57. The molecule has 3 aromatic rings. The highest BCUT2D eigenvalue weighted by molar-refractivity contribution is 6.33. The summed E-state index contributed by atoms with van der Waals surface area (Å²) in [5, 5.41) is 14.0. The molecule has 9 heteroatoms. The van der Waals surface area contributed by atoms with Gasteiger partial charge in [-0.2, -0.15) is 0 Å². The van der Waals surface area contributed by atoms with Crippen LogP contribution in [0, 0.1) is 0 Å². The second-order valence-electron chi connectivity index (χ2n) is 7.85. The van der Waals surface area contributed by atoms with Gasteiger partial charge in [-0.25, -0.2) is 9.59 Å². The second kappa shape index (κ2) is 11.0. The number of nitrogens with one attached hydrogen (secondary N) is 2. The first kappa shape index (κ1) is 24.3. The average Bonchev–Trinajstić information content (AvgIpc) is 3.17. The van der Waals surface area contributed by atoms with E-state index in [1.54, 1.807) is 0 Å². The summed E-state index contributed by atoms with van der Waals surface area (Å²) < 4.78 is 10.4. The van der Waals surface area contributed by atoms with Crippen LogP contribution < -0.4 is 10.6 Å². The van der Waals surface area contributed by atoms with E-state index in [1.165, 1.54) is 18.2 Å². The lowest BCUT2D eigenvalue weighted by Crippen LogP contribution is -2.28. The summed E-state index contributed by atoms with van der Waals surface area (Å²) in [6.45, 7) is -0.112. The zero-order valence-corrected chi connectivity index (χ0v) is 19.4. The molecule has 0 atom stereocenters. The molecule has 2 amide bonds. The lowest BCUT2D eigenvalue weighted by Gasteiger charge is -2.15. The van der Waals surface area contributed by atoms with Gasteiger partial charge >= 0.3 is 12.1 Å². The van der Waals surface area contributed by atoms with Gasteiger partial charge in [0.05, 0.1) is 17.3 Å². The molecule has 3 aromatic carbocycles. The largest absolute Gasteiger partial charge is 0.480 e. The van der Waals surface area contributed by atoms with Gasteiger partial charge in [0, 0.05) is 18.0 Å². The summed E-state index contributed by atoms with van der Waals surface area (Å²) in [5.74, 6) is -1.58. The first-order valence-corrected chi connectivity index (χ1v) is 11.3. The van der Waals surface area contributed by atoms with E-state index in [2.05, 4.69) is 22.8 Å². The summed E-state index contributed by atoms with van der Waals surface area (Å²) in [5.41, 5.74) is 4.97. The van der Waals surface area contributed by atoms with Crippen LogP contribution >= 0.6 is 11.6 Å². The Kier molecular flexibility index (Phi) is 7.64. The predicted molar refractivity (Wildman–Crippen MR) is 131 cm³/mol. The van der Waals surface area contributed by atoms with Crippen LogP contribution in [-0.4, -0.2) is 49.4 Å². The molecule has 1 aliphatic rings. The maximum atomic E-state index is 12.6. The lowest BCUT2D eigenvalue weighted by atomic mass is 9.98. The highest BCUT2D eigenvalue weighted by atomic mass is 35.5. The van der Waals surface area contributed by atoms with Crippen molar-refractivity contribution in [1.29, 1.82) is 0 Å². The number of amides is 2. The average molecular weight is 495 g/mol. The van der Waals surface area contributed by atoms with Crippen molar-refractivity contribution in [2.24, 2.45) is 0 Å². The van der Waals surface area contributed by atoms with Crippen LogP contribution in [0.25, 0.3) is 11.1 Å². The molecule has 0 unspecified atom stereocenters. The topological polar surface area (TPSA) is 114 Å². The van der Waals surface area contributed by atoms with E-state index in [1.807, 2.05) is 36.4 Å². The number of fused-ring (bicyclic) bond motifs is 3. The fourth-order valence-electron chi connectivity index (χ4n) is 4.01. The number of ether oxygens (including phenoxy) is 2. The minimum absolute atomic E-state index is 0.0521. The Hall–Kier alpha value is -3.88. The molecule has 35 heavy (non-hydrogen) atoms. The highest BCUT2D eigenvalue weighted by Gasteiger charge is 2.29. The Morgan fingerprint density at radius 2 is 1.60 bits per heavy atom. The Bertz CT molecular complexity index is 1220. The van der Waals surface area contributed by atoms with Gasteiger partial charge < -0.3 is 19.9 Å². The number of carbonyl (C=O) groups is 3. The first-order chi connectivity index (χ1) is 16.9. The van der Waals surface area contributed by atoms with Gasteiger partial charge in [-0.1, -0.05) is 60.1 Å². The van der Waals surface area contributed by atoms with Gasteiger partial charge in [0.15, 0.2) is 0 Å². The van der Waals surface area contributed by atoms with E-state index in [9.17, 15) is 14.4 Å². The van der Waals surface area contributed by atoms with Crippen molar-refractivity contribution in [3.8, 4) is 11.1 Å². The van der Waals surface area contributed by atoms with Crippen LogP contribution in [0.2, 0.25) is 5.02 Å². The van der Waals surface area contributed by atoms with Crippen molar-refractivity contribution in [3.05, 3.63) is 88.4 Å². The maximum Gasteiger partial charge on any atom is 0.411 e. The summed E-state index contributed by atoms with van der Waals surface area (Å²) in [7, 11) is 0. The fourth-order valence-corrected chi connectivity index (χ4v) is 4.17. The number of carboxylic acids is 1. The quantitative estimate of drug-likeness (QED) is 0.376. The van der Waals surface area contributed by atoms with Crippen molar-refractivity contribution in [3.63, 3.8) is 0 Å². The summed E-state index contributed by atoms with van der Waals surface area (Å²) >= 11 is 6.20. The number of benzene rings is 3. The third kappa shape index (κ3) is 5.79. The van der Waals surface area contributed by atoms with Crippen molar-refractivity contribution < 1.29 is 29.0 Å². The van der Waals surface area contributed by atoms with Crippen molar-refractivity contribution in [2.75, 3.05) is 31.7 Å². The van der Waals surface area contributed by atoms with Gasteiger partial charge in [-0.15, -0.1) is 0 Å². The molecule has 0 spiro atoms. The highest BCUT2D eigenvalue weighted by Crippen LogP contribution is 2.44. The standard InChI is InChI=1S/C26H23ClN2O6/c27-22-10-9-16(25(32)28-11-12-34-15-24(30)31)13-23(22)29-26(33)35-14-21-19-7-3-1-5-17(19)18-6-2-4-8-20(18)21/h1-10,13,21H,11-12,14-15H2,(H,28,32)(H,29,33)(H,30,31). The van der Waals surface area contributed by atoms with Crippen LogP contribution in [0.15, 0.2) is 66.7 Å². The normalized spacial score (nSPS) is 11.9. The summed E-state index contributed by atoms with van der Waals surface area (Å²) in [6.07, 6.45) is -0.687. The Morgan fingerprint density at radius 1 is 0.943 bits per heavy atom. The number of aliphatic carboxylic acids is 1.